The van der Waals surface area contributed by atoms with E-state index in [4.69, 9.17) is 11.6 Å². The van der Waals surface area contributed by atoms with Gasteiger partial charge in [-0.05, 0) is 53.6 Å². The van der Waals surface area contributed by atoms with Crippen molar-refractivity contribution in [2.24, 2.45) is 11.8 Å². The van der Waals surface area contributed by atoms with Crippen molar-refractivity contribution in [2.45, 2.75) is 31.0 Å². The Morgan fingerprint density at radius 2 is 1.65 bits per heavy atom. The van der Waals surface area contributed by atoms with Gasteiger partial charge in [0.2, 0.25) is 15.9 Å². The van der Waals surface area contributed by atoms with Crippen LogP contribution in [0.3, 0.4) is 0 Å². The van der Waals surface area contributed by atoms with E-state index in [2.05, 4.69) is 10.3 Å². The van der Waals surface area contributed by atoms with Crippen molar-refractivity contribution in [3.63, 3.8) is 0 Å². The van der Waals surface area contributed by atoms with Crippen LogP contribution in [-0.4, -0.2) is 53.6 Å². The maximum absolute atomic E-state index is 13.5. The van der Waals surface area contributed by atoms with Gasteiger partial charge in [0.25, 0.3) is 5.91 Å². The lowest BCUT2D eigenvalue weighted by Gasteiger charge is -2.22. The molecule has 2 heterocycles. The first-order valence-electron chi connectivity index (χ1n) is 12.0. The number of carbonyl (C=O) groups excluding carboxylic acids is 2. The van der Waals surface area contributed by atoms with Gasteiger partial charge in [0.05, 0.1) is 4.90 Å². The molecule has 37 heavy (non-hydrogen) atoms. The molecule has 1 saturated carbocycles. The molecular weight excluding hydrogens is 512 g/mol. The normalized spacial score (nSPS) is 20.5. The molecule has 5 rings (SSSR count). The number of halogens is 1. The van der Waals surface area contributed by atoms with Crippen LogP contribution in [0.5, 0.6) is 0 Å². The van der Waals surface area contributed by atoms with Crippen molar-refractivity contribution in [1.82, 2.24) is 19.5 Å². The monoisotopic (exact) mass is 538 g/mol. The van der Waals surface area contributed by atoms with Gasteiger partial charge in [-0.3, -0.25) is 14.6 Å². The van der Waals surface area contributed by atoms with Crippen LogP contribution in [0.1, 0.15) is 28.4 Å². The van der Waals surface area contributed by atoms with Gasteiger partial charge >= 0.3 is 0 Å². The molecule has 192 valence electrons. The van der Waals surface area contributed by atoms with Gasteiger partial charge < -0.3 is 10.2 Å². The van der Waals surface area contributed by atoms with Gasteiger partial charge in [0, 0.05) is 74.0 Å². The maximum atomic E-state index is 13.5. The van der Waals surface area contributed by atoms with Crippen LogP contribution in [-0.2, 0) is 27.9 Å². The van der Waals surface area contributed by atoms with Crippen LogP contribution in [0.25, 0.3) is 0 Å². The second-order valence-electron chi connectivity index (χ2n) is 9.54. The molecular formula is C27H27ClN4O4S. The number of likely N-dealkylation sites (tertiary alicyclic amines) is 1. The number of sulfonamides is 1. The number of benzene rings is 2. The Balaban J connectivity index is 1.28. The molecule has 3 aromatic rings. The van der Waals surface area contributed by atoms with E-state index < -0.39 is 10.0 Å². The molecule has 1 aliphatic heterocycles. The summed E-state index contributed by atoms with van der Waals surface area (Å²) in [5.74, 6) is 0.558. The number of nitrogens with zero attached hydrogens (tertiary/aromatic N) is 3. The van der Waals surface area contributed by atoms with Crippen LogP contribution in [0.15, 0.2) is 78.0 Å². The molecule has 0 unspecified atom stereocenters. The van der Waals surface area contributed by atoms with Crippen molar-refractivity contribution >= 4 is 33.4 Å². The fourth-order valence-electron chi connectivity index (χ4n) is 4.87. The Kier molecular flexibility index (Phi) is 7.02. The number of hydrogen-bond acceptors (Lipinski definition) is 5. The minimum Gasteiger partial charge on any atom is -0.349 e. The topological polar surface area (TPSA) is 99.7 Å². The average molecular weight is 539 g/mol. The summed E-state index contributed by atoms with van der Waals surface area (Å²) in [4.78, 5) is 30.4. The molecule has 1 saturated heterocycles. The molecule has 1 aromatic heterocycles. The lowest BCUT2D eigenvalue weighted by atomic mass is 10.1. The molecule has 0 spiro atoms. The summed E-state index contributed by atoms with van der Waals surface area (Å²) in [7, 11) is -3.83. The number of carbonyl (C=O) groups is 2. The molecule has 8 nitrogen and oxygen atoms in total. The van der Waals surface area contributed by atoms with E-state index in [0.717, 1.165) is 11.1 Å². The number of fused-ring (bicyclic) bond motifs is 1. The van der Waals surface area contributed by atoms with E-state index in [1.807, 2.05) is 11.0 Å². The minimum atomic E-state index is -3.83. The van der Waals surface area contributed by atoms with Gasteiger partial charge in [-0.25, -0.2) is 8.42 Å². The Labute approximate surface area is 221 Å². The second-order valence-corrected chi connectivity index (χ2v) is 11.9. The highest BCUT2D eigenvalue weighted by Gasteiger charge is 2.57. The van der Waals surface area contributed by atoms with Crippen LogP contribution in [0, 0.1) is 11.8 Å². The maximum Gasteiger partial charge on any atom is 0.251 e. The Bertz CT molecular complexity index is 1390. The van der Waals surface area contributed by atoms with E-state index >= 15 is 0 Å². The van der Waals surface area contributed by atoms with Gasteiger partial charge in [-0.1, -0.05) is 29.8 Å². The van der Waals surface area contributed by atoms with Gasteiger partial charge in [0.1, 0.15) is 0 Å². The third-order valence-electron chi connectivity index (χ3n) is 7.05. The molecule has 10 heteroatoms. The largest absolute Gasteiger partial charge is 0.349 e. The molecule has 2 aliphatic rings. The highest BCUT2D eigenvalue weighted by atomic mass is 35.5. The zero-order chi connectivity index (χ0) is 26.2. The van der Waals surface area contributed by atoms with Gasteiger partial charge in [-0.15, -0.1) is 0 Å². The summed E-state index contributed by atoms with van der Waals surface area (Å²) in [5, 5.41) is 3.53. The summed E-state index contributed by atoms with van der Waals surface area (Å²) >= 11 is 5.96. The number of rotatable bonds is 8. The molecule has 2 fully saturated rings. The highest BCUT2D eigenvalue weighted by Crippen LogP contribution is 2.45. The van der Waals surface area contributed by atoms with Crippen LogP contribution >= 0.6 is 11.6 Å². The number of amides is 2. The highest BCUT2D eigenvalue weighted by molar-refractivity contribution is 7.89. The number of hydrogen-bond donors (Lipinski definition) is 1. The van der Waals surface area contributed by atoms with Crippen molar-refractivity contribution in [3.05, 3.63) is 94.8 Å². The molecule has 0 radical (unpaired) electrons. The Morgan fingerprint density at radius 1 is 1.00 bits per heavy atom. The van der Waals surface area contributed by atoms with E-state index in [-0.39, 0.29) is 35.8 Å². The molecule has 1 aliphatic carbocycles. The second kappa shape index (κ2) is 10.2. The lowest BCUT2D eigenvalue weighted by molar-refractivity contribution is -0.128. The SMILES string of the molecule is CC(=O)N1C[C@@H]2[C@H](C1)[C@H]2NC(=O)c1ccc(CN(Cc2cccnc2)S(=O)(=O)c2ccc(Cl)cc2)cc1. The summed E-state index contributed by atoms with van der Waals surface area (Å²) in [5.41, 5.74) is 2.02. The zero-order valence-electron chi connectivity index (χ0n) is 20.2. The molecule has 2 aromatic carbocycles. The standard InChI is InChI=1S/C27H27ClN4O4S/c1-18(33)31-16-24-25(17-31)26(24)30-27(34)21-6-4-19(5-7-21)14-32(15-20-3-2-12-29-13-20)37(35,36)23-10-8-22(28)9-11-23/h2-13,24-26H,14-17H2,1H3,(H,30,34)/t24-,25+,26+. The fraction of sp³-hybridized carbons (Fsp3) is 0.296. The van der Waals surface area contributed by atoms with E-state index in [9.17, 15) is 18.0 Å². The first kappa shape index (κ1) is 25.4. The Morgan fingerprint density at radius 3 is 2.24 bits per heavy atom. The first-order chi connectivity index (χ1) is 17.7. The summed E-state index contributed by atoms with van der Waals surface area (Å²) < 4.78 is 28.4. The smallest absolute Gasteiger partial charge is 0.251 e. The molecule has 2 amide bonds. The minimum absolute atomic E-state index is 0.0727. The first-order valence-corrected chi connectivity index (χ1v) is 13.8. The van der Waals surface area contributed by atoms with Gasteiger partial charge in [0.15, 0.2) is 0 Å². The van der Waals surface area contributed by atoms with Crippen LogP contribution in [0.4, 0.5) is 0 Å². The summed E-state index contributed by atoms with van der Waals surface area (Å²) in [6, 6.07) is 16.7. The van der Waals surface area contributed by atoms with Crippen molar-refractivity contribution in [3.8, 4) is 0 Å². The molecule has 0 bridgehead atoms. The summed E-state index contributed by atoms with van der Waals surface area (Å²) in [6.07, 6.45) is 3.28. The van der Waals surface area contributed by atoms with E-state index in [0.29, 0.717) is 35.5 Å². The van der Waals surface area contributed by atoms with Crippen LogP contribution in [0.2, 0.25) is 5.02 Å². The van der Waals surface area contributed by atoms with Gasteiger partial charge in [-0.2, -0.15) is 4.31 Å². The quantitative estimate of drug-likeness (QED) is 0.474. The third kappa shape index (κ3) is 5.53. The fourth-order valence-corrected chi connectivity index (χ4v) is 6.42. The third-order valence-corrected chi connectivity index (χ3v) is 9.10. The van der Waals surface area contributed by atoms with Crippen molar-refractivity contribution in [2.75, 3.05) is 13.1 Å². The molecule has 1 N–H and O–H groups in total. The lowest BCUT2D eigenvalue weighted by Crippen LogP contribution is -2.36. The average Bonchev–Trinajstić information content (AvgIpc) is 3.31. The number of nitrogens with one attached hydrogen (secondary N) is 1. The van der Waals surface area contributed by atoms with E-state index in [1.165, 1.54) is 16.4 Å². The predicted molar refractivity (Wildman–Crippen MR) is 139 cm³/mol. The summed E-state index contributed by atoms with van der Waals surface area (Å²) in [6.45, 7) is 3.22. The van der Waals surface area contributed by atoms with E-state index in [1.54, 1.807) is 61.8 Å². The van der Waals surface area contributed by atoms with Crippen molar-refractivity contribution < 1.29 is 18.0 Å². The number of pyridine rings is 1. The van der Waals surface area contributed by atoms with Crippen LogP contribution < -0.4 is 5.32 Å². The number of aromatic nitrogens is 1. The Hall–Kier alpha value is -3.27. The zero-order valence-corrected chi connectivity index (χ0v) is 21.8. The molecule has 3 atom stereocenters. The number of piperidine rings is 1. The van der Waals surface area contributed by atoms with Crippen molar-refractivity contribution in [1.29, 1.82) is 0 Å². The predicted octanol–water partition coefficient (Wildman–Crippen LogP) is 3.33.